The van der Waals surface area contributed by atoms with Crippen molar-refractivity contribution in [1.82, 2.24) is 25.4 Å². The molecule has 2 unspecified atom stereocenters. The molecule has 3 N–H and O–H groups in total. The Kier molecular flexibility index (Phi) is 6.89. The number of nitrogens with zero attached hydrogens (tertiary/aromatic N) is 2. The molecule has 9 heteroatoms. The van der Waals surface area contributed by atoms with Crippen molar-refractivity contribution in [2.75, 3.05) is 5.75 Å². The van der Waals surface area contributed by atoms with Crippen molar-refractivity contribution < 1.29 is 9.59 Å². The highest BCUT2D eigenvalue weighted by atomic mass is 32.2. The highest BCUT2D eigenvalue weighted by Gasteiger charge is 2.23. The molecule has 1 aliphatic rings. The SMILES string of the molecule is CCCn1c(SCC(=O)NC(=O)NC2CCCCC2C)n[nH]c1=O. The molecule has 0 saturated heterocycles. The number of carbonyl (C=O) groups is 2. The van der Waals surface area contributed by atoms with Gasteiger partial charge in [-0.15, -0.1) is 5.10 Å². The Balaban J connectivity index is 1.78. The van der Waals surface area contributed by atoms with Gasteiger partial charge in [0.25, 0.3) is 0 Å². The Hall–Kier alpha value is -1.77. The molecule has 1 heterocycles. The number of thioether (sulfide) groups is 1. The van der Waals surface area contributed by atoms with Gasteiger partial charge in [0.15, 0.2) is 5.16 Å². The molecule has 0 bridgehead atoms. The second-order valence-corrected chi connectivity index (χ2v) is 7.08. The standard InChI is InChI=1S/C15H25N5O3S/c1-3-8-20-14(23)18-19-15(20)24-9-12(21)17-13(22)16-11-7-5-4-6-10(11)2/h10-11H,3-9H2,1-2H3,(H,18,23)(H2,16,17,21,22). The largest absolute Gasteiger partial charge is 0.343 e. The molecule has 3 amide bonds. The molecular weight excluding hydrogens is 330 g/mol. The number of imide groups is 1. The monoisotopic (exact) mass is 355 g/mol. The van der Waals surface area contributed by atoms with Crippen LogP contribution in [0.5, 0.6) is 0 Å². The van der Waals surface area contributed by atoms with E-state index in [1.165, 1.54) is 11.0 Å². The Morgan fingerprint density at radius 1 is 1.38 bits per heavy atom. The van der Waals surface area contributed by atoms with Crippen LogP contribution >= 0.6 is 11.8 Å². The average Bonchev–Trinajstić information content (AvgIpc) is 2.88. The molecule has 1 aliphatic carbocycles. The first-order valence-electron chi connectivity index (χ1n) is 8.39. The van der Waals surface area contributed by atoms with Gasteiger partial charge in [0.05, 0.1) is 5.75 Å². The summed E-state index contributed by atoms with van der Waals surface area (Å²) in [5.74, 6) is 0.0581. The number of H-pyrrole nitrogens is 1. The van der Waals surface area contributed by atoms with E-state index in [4.69, 9.17) is 0 Å². The first kappa shape index (κ1) is 18.6. The summed E-state index contributed by atoms with van der Waals surface area (Å²) in [5, 5.41) is 11.9. The van der Waals surface area contributed by atoms with Crippen LogP contribution in [0, 0.1) is 5.92 Å². The lowest BCUT2D eigenvalue weighted by Gasteiger charge is -2.29. The lowest BCUT2D eigenvalue weighted by atomic mass is 9.86. The average molecular weight is 355 g/mol. The van der Waals surface area contributed by atoms with Crippen LogP contribution in [0.2, 0.25) is 0 Å². The van der Waals surface area contributed by atoms with Gasteiger partial charge in [0.2, 0.25) is 5.91 Å². The second-order valence-electron chi connectivity index (χ2n) is 6.14. The second kappa shape index (κ2) is 8.91. The number of carbonyl (C=O) groups excluding carboxylic acids is 2. The molecule has 134 valence electrons. The Labute approximate surface area is 145 Å². The van der Waals surface area contributed by atoms with Crippen molar-refractivity contribution in [2.24, 2.45) is 5.92 Å². The summed E-state index contributed by atoms with van der Waals surface area (Å²) >= 11 is 1.13. The topological polar surface area (TPSA) is 109 Å². The molecule has 1 aromatic rings. The van der Waals surface area contributed by atoms with Crippen LogP contribution in [0.15, 0.2) is 9.95 Å². The molecule has 24 heavy (non-hydrogen) atoms. The van der Waals surface area contributed by atoms with Crippen molar-refractivity contribution in [3.8, 4) is 0 Å². The summed E-state index contributed by atoms with van der Waals surface area (Å²) < 4.78 is 1.49. The fourth-order valence-electron chi connectivity index (χ4n) is 2.86. The Morgan fingerprint density at radius 3 is 2.83 bits per heavy atom. The molecule has 0 radical (unpaired) electrons. The quantitative estimate of drug-likeness (QED) is 0.670. The summed E-state index contributed by atoms with van der Waals surface area (Å²) in [7, 11) is 0. The number of aromatic amines is 1. The van der Waals surface area contributed by atoms with Crippen molar-refractivity contribution >= 4 is 23.7 Å². The summed E-state index contributed by atoms with van der Waals surface area (Å²) in [6, 6.07) is -0.326. The third-order valence-corrected chi connectivity index (χ3v) is 5.16. The molecular formula is C15H25N5O3S. The van der Waals surface area contributed by atoms with Gasteiger partial charge in [0.1, 0.15) is 0 Å². The number of urea groups is 1. The van der Waals surface area contributed by atoms with Gasteiger partial charge in [0, 0.05) is 12.6 Å². The predicted octanol–water partition coefficient (Wildman–Crippen LogP) is 1.48. The minimum absolute atomic E-state index is 0.0294. The predicted molar refractivity (Wildman–Crippen MR) is 92.0 cm³/mol. The Morgan fingerprint density at radius 2 is 2.12 bits per heavy atom. The summed E-state index contributed by atoms with van der Waals surface area (Å²) in [4.78, 5) is 35.4. The number of aromatic nitrogens is 3. The van der Waals surface area contributed by atoms with Crippen LogP contribution in [-0.2, 0) is 11.3 Å². The van der Waals surface area contributed by atoms with E-state index in [1.807, 2.05) is 6.92 Å². The summed E-state index contributed by atoms with van der Waals surface area (Å²) in [6.45, 7) is 4.61. The Bertz CT molecular complexity index is 627. The van der Waals surface area contributed by atoms with Crippen LogP contribution in [0.1, 0.15) is 46.0 Å². The van der Waals surface area contributed by atoms with Crippen LogP contribution in [0.25, 0.3) is 0 Å². The first-order chi connectivity index (χ1) is 11.5. The van der Waals surface area contributed by atoms with E-state index < -0.39 is 11.9 Å². The van der Waals surface area contributed by atoms with Gasteiger partial charge in [-0.05, 0) is 25.2 Å². The van der Waals surface area contributed by atoms with E-state index in [2.05, 4.69) is 27.8 Å². The summed E-state index contributed by atoms with van der Waals surface area (Å²) in [6.07, 6.45) is 5.14. The van der Waals surface area contributed by atoms with Crippen molar-refractivity contribution in [3.63, 3.8) is 0 Å². The highest BCUT2D eigenvalue weighted by Crippen LogP contribution is 2.23. The zero-order chi connectivity index (χ0) is 17.5. The van der Waals surface area contributed by atoms with Gasteiger partial charge in [-0.25, -0.2) is 14.7 Å². The summed E-state index contributed by atoms with van der Waals surface area (Å²) in [5.41, 5.74) is -0.288. The number of nitrogens with one attached hydrogen (secondary N) is 3. The first-order valence-corrected chi connectivity index (χ1v) is 9.38. The van der Waals surface area contributed by atoms with Gasteiger partial charge < -0.3 is 5.32 Å². The molecule has 1 saturated carbocycles. The number of hydrogen-bond acceptors (Lipinski definition) is 5. The molecule has 2 atom stereocenters. The molecule has 1 fully saturated rings. The van der Waals surface area contributed by atoms with Gasteiger partial charge in [-0.2, -0.15) is 0 Å². The fourth-order valence-corrected chi connectivity index (χ4v) is 3.63. The van der Waals surface area contributed by atoms with Gasteiger partial charge in [-0.1, -0.05) is 38.5 Å². The molecule has 0 spiro atoms. The maximum atomic E-state index is 11.9. The van der Waals surface area contributed by atoms with Crippen LogP contribution < -0.4 is 16.3 Å². The minimum Gasteiger partial charge on any atom is -0.335 e. The van der Waals surface area contributed by atoms with E-state index >= 15 is 0 Å². The van der Waals surface area contributed by atoms with E-state index in [0.29, 0.717) is 17.6 Å². The van der Waals surface area contributed by atoms with Crippen molar-refractivity contribution in [3.05, 3.63) is 10.5 Å². The lowest BCUT2D eigenvalue weighted by molar-refractivity contribution is -0.117. The van der Waals surface area contributed by atoms with Crippen molar-refractivity contribution in [1.29, 1.82) is 0 Å². The minimum atomic E-state index is -0.452. The van der Waals surface area contributed by atoms with E-state index in [9.17, 15) is 14.4 Å². The van der Waals surface area contributed by atoms with Crippen LogP contribution in [0.3, 0.4) is 0 Å². The van der Waals surface area contributed by atoms with Crippen LogP contribution in [0.4, 0.5) is 4.79 Å². The zero-order valence-electron chi connectivity index (χ0n) is 14.1. The van der Waals surface area contributed by atoms with Crippen molar-refractivity contribution in [2.45, 2.75) is 63.7 Å². The third kappa shape index (κ3) is 5.12. The molecule has 0 aromatic carbocycles. The number of rotatable bonds is 6. The van der Waals surface area contributed by atoms with Crippen LogP contribution in [-0.4, -0.2) is 38.5 Å². The number of hydrogen-bond donors (Lipinski definition) is 3. The maximum Gasteiger partial charge on any atom is 0.343 e. The van der Waals surface area contributed by atoms with E-state index in [1.54, 1.807) is 0 Å². The van der Waals surface area contributed by atoms with Gasteiger partial charge >= 0.3 is 11.7 Å². The fraction of sp³-hybridized carbons (Fsp3) is 0.733. The molecule has 1 aromatic heterocycles. The normalized spacial score (nSPS) is 20.6. The molecule has 2 rings (SSSR count). The zero-order valence-corrected chi connectivity index (χ0v) is 14.9. The van der Waals surface area contributed by atoms with Gasteiger partial charge in [-0.3, -0.25) is 14.7 Å². The van der Waals surface area contributed by atoms with E-state index in [-0.39, 0.29) is 17.5 Å². The highest BCUT2D eigenvalue weighted by molar-refractivity contribution is 7.99. The lowest BCUT2D eigenvalue weighted by Crippen LogP contribution is -2.48. The molecule has 0 aliphatic heterocycles. The third-order valence-electron chi connectivity index (χ3n) is 4.18. The number of amides is 3. The maximum absolute atomic E-state index is 11.9. The molecule has 8 nitrogen and oxygen atoms in total. The smallest absolute Gasteiger partial charge is 0.335 e. The van der Waals surface area contributed by atoms with E-state index in [0.717, 1.165) is 37.4 Å².